The molecular weight excluding hydrogens is 284 g/mol. The zero-order valence-corrected chi connectivity index (χ0v) is 13.6. The predicted molar refractivity (Wildman–Crippen MR) is 86.6 cm³/mol. The highest BCUT2D eigenvalue weighted by atomic mass is 32.2. The van der Waals surface area contributed by atoms with Gasteiger partial charge in [0.1, 0.15) is 0 Å². The van der Waals surface area contributed by atoms with Gasteiger partial charge in [-0.1, -0.05) is 49.6 Å². The number of hydrogen-bond acceptors (Lipinski definition) is 3. The van der Waals surface area contributed by atoms with Gasteiger partial charge < -0.3 is 5.73 Å². The predicted octanol–water partition coefficient (Wildman–Crippen LogP) is 2.15. The van der Waals surface area contributed by atoms with E-state index in [0.717, 1.165) is 31.2 Å². The largest absolute Gasteiger partial charge is 0.329 e. The van der Waals surface area contributed by atoms with Crippen LogP contribution >= 0.6 is 0 Å². The second-order valence-electron chi connectivity index (χ2n) is 6.01. The molecule has 1 saturated carbocycles. The van der Waals surface area contributed by atoms with Crippen LogP contribution in [0.3, 0.4) is 0 Å². The van der Waals surface area contributed by atoms with Gasteiger partial charge >= 0.3 is 0 Å². The highest BCUT2D eigenvalue weighted by Gasteiger charge is 2.40. The summed E-state index contributed by atoms with van der Waals surface area (Å²) in [6, 6.07) is 9.75. The molecule has 1 fully saturated rings. The smallest absolute Gasteiger partial charge is 0.214 e. The van der Waals surface area contributed by atoms with Crippen molar-refractivity contribution in [2.24, 2.45) is 5.73 Å². The Morgan fingerprint density at radius 1 is 1.14 bits per heavy atom. The fourth-order valence-corrected chi connectivity index (χ4v) is 4.80. The quantitative estimate of drug-likeness (QED) is 0.875. The third-order valence-corrected chi connectivity index (χ3v) is 6.68. The van der Waals surface area contributed by atoms with Crippen molar-refractivity contribution in [1.82, 2.24) is 4.31 Å². The van der Waals surface area contributed by atoms with Gasteiger partial charge in [-0.25, -0.2) is 8.42 Å². The van der Waals surface area contributed by atoms with E-state index in [-0.39, 0.29) is 11.3 Å². The van der Waals surface area contributed by atoms with Crippen LogP contribution in [0.2, 0.25) is 0 Å². The maximum absolute atomic E-state index is 12.6. The maximum atomic E-state index is 12.6. The molecule has 0 heterocycles. The van der Waals surface area contributed by atoms with Crippen LogP contribution in [-0.4, -0.2) is 37.6 Å². The molecule has 2 N–H and O–H groups in total. The van der Waals surface area contributed by atoms with Crippen molar-refractivity contribution in [3.05, 3.63) is 35.9 Å². The van der Waals surface area contributed by atoms with Gasteiger partial charge in [0.05, 0.1) is 5.75 Å². The number of sulfonamides is 1. The highest BCUT2D eigenvalue weighted by molar-refractivity contribution is 7.89. The minimum Gasteiger partial charge on any atom is -0.329 e. The number of aryl methyl sites for hydroxylation is 1. The fraction of sp³-hybridized carbons (Fsp3) is 0.625. The summed E-state index contributed by atoms with van der Waals surface area (Å²) < 4.78 is 26.8. The zero-order valence-electron chi connectivity index (χ0n) is 12.8. The van der Waals surface area contributed by atoms with Crippen LogP contribution in [0.1, 0.15) is 37.7 Å². The van der Waals surface area contributed by atoms with Crippen LogP contribution in [0.25, 0.3) is 0 Å². The van der Waals surface area contributed by atoms with Crippen molar-refractivity contribution < 1.29 is 8.42 Å². The van der Waals surface area contributed by atoms with E-state index in [2.05, 4.69) is 0 Å². The van der Waals surface area contributed by atoms with Crippen molar-refractivity contribution in [3.63, 3.8) is 0 Å². The van der Waals surface area contributed by atoms with Gasteiger partial charge in [-0.2, -0.15) is 4.31 Å². The van der Waals surface area contributed by atoms with Crippen molar-refractivity contribution >= 4 is 10.0 Å². The first-order valence-corrected chi connectivity index (χ1v) is 9.32. The lowest BCUT2D eigenvalue weighted by Gasteiger charge is -2.43. The summed E-state index contributed by atoms with van der Waals surface area (Å²) in [7, 11) is -1.57. The molecule has 1 aliphatic rings. The van der Waals surface area contributed by atoms with Crippen LogP contribution < -0.4 is 5.73 Å². The molecule has 4 nitrogen and oxygen atoms in total. The van der Waals surface area contributed by atoms with Crippen molar-refractivity contribution in [3.8, 4) is 0 Å². The molecule has 0 radical (unpaired) electrons. The summed E-state index contributed by atoms with van der Waals surface area (Å²) in [4.78, 5) is 0. The molecule has 21 heavy (non-hydrogen) atoms. The highest BCUT2D eigenvalue weighted by Crippen LogP contribution is 2.33. The van der Waals surface area contributed by atoms with Crippen LogP contribution in [0.4, 0.5) is 0 Å². The zero-order chi connectivity index (χ0) is 15.3. The van der Waals surface area contributed by atoms with Gasteiger partial charge in [0.15, 0.2) is 0 Å². The first-order valence-electron chi connectivity index (χ1n) is 7.71. The van der Waals surface area contributed by atoms with E-state index in [1.807, 2.05) is 30.3 Å². The molecule has 0 amide bonds. The number of nitrogens with two attached hydrogens (primary N) is 1. The maximum Gasteiger partial charge on any atom is 0.214 e. The minimum absolute atomic E-state index is 0.148. The minimum atomic E-state index is -3.28. The van der Waals surface area contributed by atoms with E-state index in [1.54, 1.807) is 11.4 Å². The SMILES string of the molecule is CN(C1(CN)CCCCC1)S(=O)(=O)CCc1ccccc1. The molecule has 0 saturated heterocycles. The van der Waals surface area contributed by atoms with Crippen LogP contribution in [0.15, 0.2) is 30.3 Å². The average molecular weight is 310 g/mol. The normalized spacial score (nSPS) is 18.8. The Morgan fingerprint density at radius 3 is 2.33 bits per heavy atom. The fourth-order valence-electron chi connectivity index (χ4n) is 3.18. The first kappa shape index (κ1) is 16.5. The van der Waals surface area contributed by atoms with Gasteiger partial charge in [-0.05, 0) is 24.8 Å². The molecule has 118 valence electrons. The molecule has 0 atom stereocenters. The monoisotopic (exact) mass is 310 g/mol. The van der Waals surface area contributed by atoms with E-state index < -0.39 is 10.0 Å². The first-order chi connectivity index (χ1) is 10.0. The second-order valence-corrected chi connectivity index (χ2v) is 8.13. The molecule has 1 aromatic carbocycles. The summed E-state index contributed by atoms with van der Waals surface area (Å²) in [5.41, 5.74) is 6.63. The second kappa shape index (κ2) is 6.90. The Hall–Kier alpha value is -0.910. The lowest BCUT2D eigenvalue weighted by atomic mass is 9.82. The number of rotatable bonds is 6. The third-order valence-electron chi connectivity index (χ3n) is 4.74. The van der Waals surface area contributed by atoms with Crippen LogP contribution in [-0.2, 0) is 16.4 Å². The lowest BCUT2D eigenvalue weighted by molar-refractivity contribution is 0.159. The van der Waals surface area contributed by atoms with Crippen molar-refractivity contribution in [2.45, 2.75) is 44.1 Å². The van der Waals surface area contributed by atoms with Crippen molar-refractivity contribution in [1.29, 1.82) is 0 Å². The summed E-state index contributed by atoms with van der Waals surface area (Å²) in [5, 5.41) is 0. The average Bonchev–Trinajstić information content (AvgIpc) is 2.54. The topological polar surface area (TPSA) is 63.4 Å². The van der Waals surface area contributed by atoms with E-state index in [9.17, 15) is 8.42 Å². The Kier molecular flexibility index (Phi) is 5.41. The van der Waals surface area contributed by atoms with Gasteiger partial charge in [0.2, 0.25) is 10.0 Å². The molecule has 0 aliphatic heterocycles. The molecule has 0 unspecified atom stereocenters. The van der Waals surface area contributed by atoms with Gasteiger partial charge in [-0.3, -0.25) is 0 Å². The Balaban J connectivity index is 2.07. The number of likely N-dealkylation sites (N-methyl/N-ethyl adjacent to an activating group) is 1. The lowest BCUT2D eigenvalue weighted by Crippen LogP contribution is -2.56. The van der Waals surface area contributed by atoms with Crippen LogP contribution in [0.5, 0.6) is 0 Å². The molecule has 0 aromatic heterocycles. The molecule has 0 bridgehead atoms. The standard InChI is InChI=1S/C16H26N2O2S/c1-18(16(14-17)11-6-3-7-12-16)21(19,20)13-10-15-8-4-2-5-9-15/h2,4-5,8-9H,3,6-7,10-14,17H2,1H3. The van der Waals surface area contributed by atoms with Gasteiger partial charge in [0, 0.05) is 19.1 Å². The number of benzene rings is 1. The Labute approximate surface area is 128 Å². The Morgan fingerprint density at radius 2 is 1.76 bits per heavy atom. The van der Waals surface area contributed by atoms with Crippen molar-refractivity contribution in [2.75, 3.05) is 19.3 Å². The Bertz CT molecular complexity index is 537. The molecule has 0 spiro atoms. The van der Waals surface area contributed by atoms with Crippen LogP contribution in [0, 0.1) is 0 Å². The summed E-state index contributed by atoms with van der Waals surface area (Å²) in [6.07, 6.45) is 5.62. The van der Waals surface area contributed by atoms with E-state index in [0.29, 0.717) is 13.0 Å². The van der Waals surface area contributed by atoms with E-state index in [1.165, 1.54) is 6.42 Å². The van der Waals surface area contributed by atoms with E-state index >= 15 is 0 Å². The van der Waals surface area contributed by atoms with Gasteiger partial charge in [0.25, 0.3) is 0 Å². The molecule has 1 aliphatic carbocycles. The molecule has 2 rings (SSSR count). The summed E-state index contributed by atoms with van der Waals surface area (Å²) in [6.45, 7) is 0.411. The number of hydrogen-bond donors (Lipinski definition) is 1. The summed E-state index contributed by atoms with van der Waals surface area (Å²) >= 11 is 0. The molecule has 1 aromatic rings. The number of nitrogens with zero attached hydrogens (tertiary/aromatic N) is 1. The molecular formula is C16H26N2O2S. The summed E-state index contributed by atoms with van der Waals surface area (Å²) in [5.74, 6) is 0.148. The van der Waals surface area contributed by atoms with Gasteiger partial charge in [-0.15, -0.1) is 0 Å². The molecule has 5 heteroatoms. The van der Waals surface area contributed by atoms with E-state index in [4.69, 9.17) is 5.73 Å². The third kappa shape index (κ3) is 3.84.